The van der Waals surface area contributed by atoms with Crippen molar-refractivity contribution in [3.63, 3.8) is 0 Å². The second-order valence-electron chi connectivity index (χ2n) is 4.10. The standard InChI is InChI=1S/C15H12BrFO4/c16-13-9-10(15(18)19)1-6-14(13)21-8-7-20-12-4-2-11(17)3-5-12/h1-6,9H,7-8H2,(H,18,19). The Balaban J connectivity index is 1.83. The van der Waals surface area contributed by atoms with Crippen molar-refractivity contribution < 1.29 is 23.8 Å². The molecule has 0 aliphatic heterocycles. The van der Waals surface area contributed by atoms with Crippen LogP contribution in [0, 0.1) is 5.82 Å². The predicted octanol–water partition coefficient (Wildman–Crippen LogP) is 3.74. The van der Waals surface area contributed by atoms with Gasteiger partial charge in [0.05, 0.1) is 10.0 Å². The largest absolute Gasteiger partial charge is 0.490 e. The highest BCUT2D eigenvalue weighted by Crippen LogP contribution is 2.26. The van der Waals surface area contributed by atoms with Gasteiger partial charge in [-0.2, -0.15) is 0 Å². The van der Waals surface area contributed by atoms with E-state index in [1.54, 1.807) is 6.07 Å². The van der Waals surface area contributed by atoms with Crippen LogP contribution in [0.4, 0.5) is 4.39 Å². The fourth-order valence-corrected chi connectivity index (χ4v) is 2.09. The van der Waals surface area contributed by atoms with Crippen molar-refractivity contribution in [3.05, 3.63) is 58.3 Å². The van der Waals surface area contributed by atoms with Gasteiger partial charge in [0.25, 0.3) is 0 Å². The van der Waals surface area contributed by atoms with E-state index in [2.05, 4.69) is 15.9 Å². The second-order valence-corrected chi connectivity index (χ2v) is 4.96. The second kappa shape index (κ2) is 7.08. The molecule has 2 rings (SSSR count). The number of benzene rings is 2. The third-order valence-electron chi connectivity index (χ3n) is 2.60. The smallest absolute Gasteiger partial charge is 0.335 e. The van der Waals surface area contributed by atoms with Crippen LogP contribution in [0.2, 0.25) is 0 Å². The summed E-state index contributed by atoms with van der Waals surface area (Å²) in [6, 6.07) is 10.2. The monoisotopic (exact) mass is 354 g/mol. The van der Waals surface area contributed by atoms with Gasteiger partial charge in [0.1, 0.15) is 30.5 Å². The van der Waals surface area contributed by atoms with Gasteiger partial charge >= 0.3 is 5.97 Å². The molecule has 0 bridgehead atoms. The predicted molar refractivity (Wildman–Crippen MR) is 78.5 cm³/mol. The molecule has 21 heavy (non-hydrogen) atoms. The van der Waals surface area contributed by atoms with Gasteiger partial charge in [-0.15, -0.1) is 0 Å². The number of carboxylic acids is 1. The van der Waals surface area contributed by atoms with Crippen molar-refractivity contribution in [2.75, 3.05) is 13.2 Å². The third kappa shape index (κ3) is 4.46. The van der Waals surface area contributed by atoms with Gasteiger partial charge in [0.2, 0.25) is 0 Å². The van der Waals surface area contributed by atoms with E-state index in [0.717, 1.165) is 0 Å². The van der Waals surface area contributed by atoms with Crippen LogP contribution in [-0.2, 0) is 0 Å². The van der Waals surface area contributed by atoms with Crippen LogP contribution in [0.1, 0.15) is 10.4 Å². The normalized spacial score (nSPS) is 10.2. The van der Waals surface area contributed by atoms with E-state index in [1.807, 2.05) is 0 Å². The van der Waals surface area contributed by atoms with Crippen LogP contribution in [-0.4, -0.2) is 24.3 Å². The van der Waals surface area contributed by atoms with Crippen molar-refractivity contribution in [1.29, 1.82) is 0 Å². The van der Waals surface area contributed by atoms with Gasteiger partial charge < -0.3 is 14.6 Å². The summed E-state index contributed by atoms with van der Waals surface area (Å²) in [5.41, 5.74) is 0.178. The summed E-state index contributed by atoms with van der Waals surface area (Å²) >= 11 is 3.25. The number of carboxylic acid groups (broad SMARTS) is 1. The van der Waals surface area contributed by atoms with E-state index in [4.69, 9.17) is 14.6 Å². The molecule has 0 spiro atoms. The third-order valence-corrected chi connectivity index (χ3v) is 3.22. The number of aromatic carboxylic acids is 1. The van der Waals surface area contributed by atoms with Crippen LogP contribution in [0.25, 0.3) is 0 Å². The first kappa shape index (κ1) is 15.3. The van der Waals surface area contributed by atoms with Crippen molar-refractivity contribution in [1.82, 2.24) is 0 Å². The zero-order chi connectivity index (χ0) is 15.2. The number of carbonyl (C=O) groups is 1. The van der Waals surface area contributed by atoms with Crippen molar-refractivity contribution in [2.45, 2.75) is 0 Å². The molecule has 0 unspecified atom stereocenters. The zero-order valence-corrected chi connectivity index (χ0v) is 12.5. The molecule has 6 heteroatoms. The lowest BCUT2D eigenvalue weighted by atomic mass is 10.2. The SMILES string of the molecule is O=C(O)c1ccc(OCCOc2ccc(F)cc2)c(Br)c1. The highest BCUT2D eigenvalue weighted by Gasteiger charge is 2.07. The average molecular weight is 355 g/mol. The van der Waals surface area contributed by atoms with Crippen LogP contribution < -0.4 is 9.47 Å². The maximum Gasteiger partial charge on any atom is 0.335 e. The van der Waals surface area contributed by atoms with E-state index in [1.165, 1.54) is 36.4 Å². The average Bonchev–Trinajstić information content (AvgIpc) is 2.46. The number of hydrogen-bond acceptors (Lipinski definition) is 3. The fourth-order valence-electron chi connectivity index (χ4n) is 1.59. The van der Waals surface area contributed by atoms with Gasteiger partial charge in [-0.05, 0) is 58.4 Å². The first-order chi connectivity index (χ1) is 10.1. The Morgan fingerprint density at radius 3 is 2.38 bits per heavy atom. The summed E-state index contributed by atoms with van der Waals surface area (Å²) in [5, 5.41) is 8.85. The van der Waals surface area contributed by atoms with E-state index in [9.17, 15) is 9.18 Å². The Hall–Kier alpha value is -2.08. The number of ether oxygens (including phenoxy) is 2. The molecule has 1 N–H and O–H groups in total. The Bertz CT molecular complexity index is 628. The zero-order valence-electron chi connectivity index (χ0n) is 10.9. The molecule has 0 amide bonds. The lowest BCUT2D eigenvalue weighted by molar-refractivity contribution is 0.0696. The maximum absolute atomic E-state index is 12.7. The first-order valence-corrected chi connectivity index (χ1v) is 6.89. The highest BCUT2D eigenvalue weighted by molar-refractivity contribution is 9.10. The van der Waals surface area contributed by atoms with Crippen LogP contribution >= 0.6 is 15.9 Å². The summed E-state index contributed by atoms with van der Waals surface area (Å²) in [6.45, 7) is 0.571. The molecule has 2 aromatic rings. The molecule has 0 radical (unpaired) electrons. The van der Waals surface area contributed by atoms with Crippen molar-refractivity contribution in [2.24, 2.45) is 0 Å². The lowest BCUT2D eigenvalue weighted by Gasteiger charge is -2.10. The van der Waals surface area contributed by atoms with Crippen molar-refractivity contribution >= 4 is 21.9 Å². The number of halogens is 2. The molecule has 0 fully saturated rings. The number of hydrogen-bond donors (Lipinski definition) is 1. The topological polar surface area (TPSA) is 55.8 Å². The molecule has 0 aromatic heterocycles. The summed E-state index contributed by atoms with van der Waals surface area (Å²) in [4.78, 5) is 10.8. The molecule has 0 saturated carbocycles. The Morgan fingerprint density at radius 2 is 1.76 bits per heavy atom. The van der Waals surface area contributed by atoms with Crippen LogP contribution in [0.5, 0.6) is 11.5 Å². The van der Waals surface area contributed by atoms with E-state index < -0.39 is 5.97 Å². The van der Waals surface area contributed by atoms with Gasteiger partial charge in [0.15, 0.2) is 0 Å². The van der Waals surface area contributed by atoms with Gasteiger partial charge in [-0.25, -0.2) is 9.18 Å². The molecule has 4 nitrogen and oxygen atoms in total. The molecular weight excluding hydrogens is 343 g/mol. The molecular formula is C15H12BrFO4. The van der Waals surface area contributed by atoms with Crippen LogP contribution in [0.3, 0.4) is 0 Å². The minimum absolute atomic E-state index is 0.178. The minimum Gasteiger partial charge on any atom is -0.490 e. The summed E-state index contributed by atoms with van der Waals surface area (Å²) in [7, 11) is 0. The number of rotatable bonds is 6. The molecule has 0 atom stereocenters. The Morgan fingerprint density at radius 1 is 1.10 bits per heavy atom. The van der Waals surface area contributed by atoms with Crippen LogP contribution in [0.15, 0.2) is 46.9 Å². The summed E-state index contributed by atoms with van der Waals surface area (Å²) < 4.78 is 24.1. The van der Waals surface area contributed by atoms with E-state index >= 15 is 0 Å². The van der Waals surface area contributed by atoms with Crippen molar-refractivity contribution in [3.8, 4) is 11.5 Å². The van der Waals surface area contributed by atoms with Gasteiger partial charge in [0, 0.05) is 0 Å². The first-order valence-electron chi connectivity index (χ1n) is 6.10. The highest BCUT2D eigenvalue weighted by atomic mass is 79.9. The molecule has 0 heterocycles. The minimum atomic E-state index is -0.998. The lowest BCUT2D eigenvalue weighted by Crippen LogP contribution is -2.09. The maximum atomic E-state index is 12.7. The molecule has 0 saturated heterocycles. The quantitative estimate of drug-likeness (QED) is 0.802. The fraction of sp³-hybridized carbons (Fsp3) is 0.133. The summed E-state index contributed by atoms with van der Waals surface area (Å²) in [6.07, 6.45) is 0. The molecule has 2 aromatic carbocycles. The molecule has 0 aliphatic rings. The molecule has 110 valence electrons. The van der Waals surface area contributed by atoms with E-state index in [-0.39, 0.29) is 18.0 Å². The van der Waals surface area contributed by atoms with Gasteiger partial charge in [-0.1, -0.05) is 0 Å². The molecule has 0 aliphatic carbocycles. The van der Waals surface area contributed by atoms with E-state index in [0.29, 0.717) is 22.6 Å². The Labute approximate surface area is 129 Å². The van der Waals surface area contributed by atoms with Gasteiger partial charge in [-0.3, -0.25) is 0 Å². The summed E-state index contributed by atoms with van der Waals surface area (Å²) in [5.74, 6) is -0.231. The Kier molecular flexibility index (Phi) is 5.16.